The van der Waals surface area contributed by atoms with Crippen LogP contribution in [-0.4, -0.2) is 59.5 Å². The smallest absolute Gasteiger partial charge is 0.245 e. The number of carbonyl (C=O) groups is 1. The molecule has 6 nitrogen and oxygen atoms in total. The fourth-order valence-electron chi connectivity index (χ4n) is 3.02. The average molecular weight is 293 g/mol. The molecule has 2 aliphatic heterocycles. The van der Waals surface area contributed by atoms with Crippen LogP contribution in [-0.2, 0) is 4.79 Å². The van der Waals surface area contributed by atoms with Crippen LogP contribution in [0, 0.1) is 12.7 Å². The number of piperazine rings is 1. The molecule has 3 rings (SSSR count). The third kappa shape index (κ3) is 2.70. The maximum Gasteiger partial charge on any atom is 0.245 e. The van der Waals surface area contributed by atoms with Crippen LogP contribution in [0.3, 0.4) is 0 Å². The fraction of sp³-hybridized carbons (Fsp3) is 0.643. The Morgan fingerprint density at radius 3 is 2.86 bits per heavy atom. The maximum atomic E-state index is 14.2. The summed E-state index contributed by atoms with van der Waals surface area (Å²) in [7, 11) is 0. The molecule has 0 spiro atoms. The Morgan fingerprint density at radius 2 is 2.10 bits per heavy atom. The van der Waals surface area contributed by atoms with Crippen molar-refractivity contribution in [1.29, 1.82) is 0 Å². The zero-order chi connectivity index (χ0) is 14.8. The van der Waals surface area contributed by atoms with Gasteiger partial charge >= 0.3 is 0 Å². The molecule has 1 atom stereocenters. The van der Waals surface area contributed by atoms with Crippen LogP contribution in [0.15, 0.2) is 6.33 Å². The van der Waals surface area contributed by atoms with E-state index >= 15 is 0 Å². The second kappa shape index (κ2) is 5.93. The molecule has 1 aromatic heterocycles. The Hall–Kier alpha value is -1.76. The largest absolute Gasteiger partial charge is 0.342 e. The molecule has 2 aliphatic rings. The molecule has 2 fully saturated rings. The van der Waals surface area contributed by atoms with Crippen LogP contribution in [0.5, 0.6) is 0 Å². The van der Waals surface area contributed by atoms with Crippen molar-refractivity contribution in [1.82, 2.24) is 20.2 Å². The van der Waals surface area contributed by atoms with E-state index in [1.165, 1.54) is 6.33 Å². The minimum absolute atomic E-state index is 0.0877. The molecule has 1 N–H and O–H groups in total. The summed E-state index contributed by atoms with van der Waals surface area (Å²) < 4.78 is 14.2. The highest BCUT2D eigenvalue weighted by molar-refractivity contribution is 5.85. The van der Waals surface area contributed by atoms with Gasteiger partial charge in [0.15, 0.2) is 11.6 Å². The second-order valence-corrected chi connectivity index (χ2v) is 5.52. The third-order valence-corrected chi connectivity index (χ3v) is 4.18. The van der Waals surface area contributed by atoms with Crippen molar-refractivity contribution in [3.8, 4) is 0 Å². The van der Waals surface area contributed by atoms with Crippen LogP contribution in [0.1, 0.15) is 18.5 Å². The molecule has 2 saturated heterocycles. The highest BCUT2D eigenvalue weighted by Crippen LogP contribution is 2.27. The number of hydrogen-bond acceptors (Lipinski definition) is 5. The summed E-state index contributed by atoms with van der Waals surface area (Å²) in [4.78, 5) is 24.2. The minimum Gasteiger partial charge on any atom is -0.342 e. The van der Waals surface area contributed by atoms with Crippen LogP contribution in [0.2, 0.25) is 0 Å². The summed E-state index contributed by atoms with van der Waals surface area (Å²) in [5.41, 5.74) is 0.320. The van der Waals surface area contributed by atoms with Crippen molar-refractivity contribution in [2.75, 3.05) is 37.6 Å². The Kier molecular flexibility index (Phi) is 4.01. The molecule has 3 heterocycles. The van der Waals surface area contributed by atoms with E-state index in [4.69, 9.17) is 0 Å². The number of nitrogens with one attached hydrogen (secondary N) is 1. The monoisotopic (exact) mass is 293 g/mol. The van der Waals surface area contributed by atoms with Gasteiger partial charge in [0, 0.05) is 32.7 Å². The molecule has 1 aromatic rings. The lowest BCUT2D eigenvalue weighted by Crippen LogP contribution is -2.52. The first-order chi connectivity index (χ1) is 10.2. The highest BCUT2D eigenvalue weighted by atomic mass is 19.1. The number of hydrogen-bond donors (Lipinski definition) is 1. The van der Waals surface area contributed by atoms with E-state index in [0.29, 0.717) is 25.3 Å². The predicted octanol–water partition coefficient (Wildman–Crippen LogP) is 0.325. The zero-order valence-corrected chi connectivity index (χ0v) is 12.2. The number of halogens is 1. The van der Waals surface area contributed by atoms with E-state index in [0.717, 1.165) is 25.9 Å². The van der Waals surface area contributed by atoms with Gasteiger partial charge in [-0.05, 0) is 19.8 Å². The predicted molar refractivity (Wildman–Crippen MR) is 76.5 cm³/mol. The molecule has 1 unspecified atom stereocenters. The van der Waals surface area contributed by atoms with Gasteiger partial charge in [-0.1, -0.05) is 0 Å². The normalized spacial score (nSPS) is 22.7. The SMILES string of the molecule is Cc1ncnc(N2CCCC2C(=O)N2CCNCC2)c1F. The number of anilines is 1. The molecule has 114 valence electrons. The van der Waals surface area contributed by atoms with Crippen molar-refractivity contribution in [2.45, 2.75) is 25.8 Å². The average Bonchev–Trinajstić information content (AvgIpc) is 2.99. The first-order valence-corrected chi connectivity index (χ1v) is 7.41. The molecule has 0 aliphatic carbocycles. The molecule has 7 heteroatoms. The number of aryl methyl sites for hydroxylation is 1. The standard InChI is InChI=1S/C14H20FN5O/c1-10-12(15)13(18-9-17-10)20-6-2-3-11(20)14(21)19-7-4-16-5-8-19/h9,11,16H,2-8H2,1H3. The fourth-order valence-corrected chi connectivity index (χ4v) is 3.02. The van der Waals surface area contributed by atoms with Gasteiger partial charge in [0.05, 0.1) is 5.69 Å². The Labute approximate surface area is 123 Å². The third-order valence-electron chi connectivity index (χ3n) is 4.18. The van der Waals surface area contributed by atoms with Crippen LogP contribution < -0.4 is 10.2 Å². The van der Waals surface area contributed by atoms with Crippen molar-refractivity contribution < 1.29 is 9.18 Å². The maximum absolute atomic E-state index is 14.2. The number of amides is 1. The van der Waals surface area contributed by atoms with Crippen LogP contribution in [0.25, 0.3) is 0 Å². The number of carbonyl (C=O) groups excluding carboxylic acids is 1. The topological polar surface area (TPSA) is 61.4 Å². The Morgan fingerprint density at radius 1 is 1.33 bits per heavy atom. The van der Waals surface area contributed by atoms with Gasteiger partial charge in [0.25, 0.3) is 0 Å². The van der Waals surface area contributed by atoms with Gasteiger partial charge in [0.2, 0.25) is 5.91 Å². The Bertz CT molecular complexity index is 532. The highest BCUT2D eigenvalue weighted by Gasteiger charge is 2.36. The van der Waals surface area contributed by atoms with Gasteiger partial charge in [-0.25, -0.2) is 14.4 Å². The molecular weight excluding hydrogens is 273 g/mol. The number of aromatic nitrogens is 2. The van der Waals surface area contributed by atoms with Gasteiger partial charge in [-0.3, -0.25) is 4.79 Å². The summed E-state index contributed by atoms with van der Waals surface area (Å²) in [5, 5.41) is 3.23. The van der Waals surface area contributed by atoms with Gasteiger partial charge in [-0.15, -0.1) is 0 Å². The van der Waals surface area contributed by atoms with Gasteiger partial charge in [0.1, 0.15) is 12.4 Å². The lowest BCUT2D eigenvalue weighted by Gasteiger charge is -2.33. The molecule has 0 aromatic carbocycles. The van der Waals surface area contributed by atoms with E-state index < -0.39 is 5.82 Å². The molecule has 0 saturated carbocycles. The van der Waals surface area contributed by atoms with Gasteiger partial charge in [-0.2, -0.15) is 0 Å². The van der Waals surface area contributed by atoms with Crippen molar-refractivity contribution in [3.63, 3.8) is 0 Å². The summed E-state index contributed by atoms with van der Waals surface area (Å²) in [5.74, 6) is -0.0735. The van der Waals surface area contributed by atoms with E-state index in [1.807, 2.05) is 4.90 Å². The lowest BCUT2D eigenvalue weighted by molar-refractivity contribution is -0.133. The molecule has 0 radical (unpaired) electrons. The molecular formula is C14H20FN5O. The molecule has 1 amide bonds. The van der Waals surface area contributed by atoms with Gasteiger partial charge < -0.3 is 15.1 Å². The van der Waals surface area contributed by atoms with Crippen molar-refractivity contribution >= 4 is 11.7 Å². The quantitative estimate of drug-likeness (QED) is 0.851. The molecule has 0 bridgehead atoms. The zero-order valence-electron chi connectivity index (χ0n) is 12.2. The van der Waals surface area contributed by atoms with Crippen molar-refractivity contribution in [2.24, 2.45) is 0 Å². The number of rotatable bonds is 2. The van der Waals surface area contributed by atoms with E-state index in [-0.39, 0.29) is 17.8 Å². The van der Waals surface area contributed by atoms with Crippen molar-refractivity contribution in [3.05, 3.63) is 17.8 Å². The summed E-state index contributed by atoms with van der Waals surface area (Å²) in [6.07, 6.45) is 2.99. The summed E-state index contributed by atoms with van der Waals surface area (Å²) in [6.45, 7) is 5.35. The number of nitrogens with zero attached hydrogens (tertiary/aromatic N) is 4. The molecule has 21 heavy (non-hydrogen) atoms. The second-order valence-electron chi connectivity index (χ2n) is 5.52. The summed E-state index contributed by atoms with van der Waals surface area (Å²) in [6, 6.07) is -0.299. The van der Waals surface area contributed by atoms with E-state index in [2.05, 4.69) is 15.3 Å². The van der Waals surface area contributed by atoms with E-state index in [9.17, 15) is 9.18 Å². The van der Waals surface area contributed by atoms with Crippen LogP contribution >= 0.6 is 0 Å². The lowest BCUT2D eigenvalue weighted by atomic mass is 10.1. The Balaban J connectivity index is 1.81. The first-order valence-electron chi connectivity index (χ1n) is 7.41. The van der Waals surface area contributed by atoms with Crippen LogP contribution in [0.4, 0.5) is 10.2 Å². The van der Waals surface area contributed by atoms with E-state index in [1.54, 1.807) is 11.8 Å². The minimum atomic E-state index is -0.419. The summed E-state index contributed by atoms with van der Waals surface area (Å²) >= 11 is 0. The first kappa shape index (κ1) is 14.2.